The van der Waals surface area contributed by atoms with Crippen LogP contribution in [0.5, 0.6) is 5.75 Å². The quantitative estimate of drug-likeness (QED) is 0.936. The van der Waals surface area contributed by atoms with E-state index in [0.717, 1.165) is 0 Å². The lowest BCUT2D eigenvalue weighted by atomic mass is 10.1. The van der Waals surface area contributed by atoms with Gasteiger partial charge in [-0.05, 0) is 18.2 Å². The van der Waals surface area contributed by atoms with Crippen LogP contribution >= 0.6 is 11.6 Å². The Balaban J connectivity index is 2.94. The minimum atomic E-state index is -1.09. The zero-order valence-electron chi connectivity index (χ0n) is 10.8. The molecule has 1 N–H and O–H groups in total. The molecule has 19 heavy (non-hydrogen) atoms. The van der Waals surface area contributed by atoms with Crippen LogP contribution in [0.15, 0.2) is 18.2 Å². The summed E-state index contributed by atoms with van der Waals surface area (Å²) in [6.45, 7) is 0. The number of pyridine rings is 1. The molecule has 2 aromatic rings. The molecule has 100 valence electrons. The van der Waals surface area contributed by atoms with E-state index in [4.69, 9.17) is 21.4 Å². The van der Waals surface area contributed by atoms with Crippen molar-refractivity contribution in [2.45, 2.75) is 0 Å². The molecule has 6 heteroatoms. The van der Waals surface area contributed by atoms with Crippen molar-refractivity contribution in [2.75, 3.05) is 26.1 Å². The molecule has 0 saturated carbocycles. The van der Waals surface area contributed by atoms with Crippen LogP contribution in [-0.4, -0.2) is 37.3 Å². The molecule has 0 aliphatic rings. The maximum Gasteiger partial charge on any atom is 0.354 e. The van der Waals surface area contributed by atoms with E-state index in [-0.39, 0.29) is 5.69 Å². The van der Waals surface area contributed by atoms with Gasteiger partial charge >= 0.3 is 5.97 Å². The predicted octanol–water partition coefficient (Wildman–Crippen LogP) is 2.66. The molecule has 0 saturated heterocycles. The number of carboxylic acid groups (broad SMARTS) is 1. The Morgan fingerprint density at radius 3 is 2.63 bits per heavy atom. The van der Waals surface area contributed by atoms with E-state index in [0.29, 0.717) is 27.4 Å². The summed E-state index contributed by atoms with van der Waals surface area (Å²) >= 11 is 6.11. The maximum absolute atomic E-state index is 11.1. The smallest absolute Gasteiger partial charge is 0.354 e. The number of ether oxygens (including phenoxy) is 1. The van der Waals surface area contributed by atoms with Crippen LogP contribution in [0, 0.1) is 0 Å². The van der Waals surface area contributed by atoms with E-state index in [1.165, 1.54) is 6.07 Å². The van der Waals surface area contributed by atoms with E-state index < -0.39 is 5.97 Å². The minimum absolute atomic E-state index is 0.0497. The Kier molecular flexibility index (Phi) is 3.48. The number of rotatable bonds is 3. The zero-order valence-corrected chi connectivity index (χ0v) is 11.5. The van der Waals surface area contributed by atoms with Crippen molar-refractivity contribution in [1.82, 2.24) is 4.98 Å². The van der Waals surface area contributed by atoms with Crippen molar-refractivity contribution in [3.05, 3.63) is 28.9 Å². The number of fused-ring (bicyclic) bond motifs is 1. The van der Waals surface area contributed by atoms with E-state index in [9.17, 15) is 4.79 Å². The van der Waals surface area contributed by atoms with Crippen LogP contribution in [0.4, 0.5) is 5.69 Å². The number of hydrogen-bond donors (Lipinski definition) is 1. The van der Waals surface area contributed by atoms with E-state index in [1.807, 2.05) is 14.1 Å². The Bertz CT molecular complexity index is 656. The fourth-order valence-electron chi connectivity index (χ4n) is 1.89. The highest BCUT2D eigenvalue weighted by atomic mass is 35.5. The molecule has 0 aliphatic carbocycles. The monoisotopic (exact) mass is 280 g/mol. The van der Waals surface area contributed by atoms with Crippen molar-refractivity contribution in [3.63, 3.8) is 0 Å². The minimum Gasteiger partial charge on any atom is -0.496 e. The van der Waals surface area contributed by atoms with Crippen LogP contribution in [0.1, 0.15) is 10.5 Å². The molecule has 0 fully saturated rings. The molecule has 1 heterocycles. The Hall–Kier alpha value is -2.01. The largest absolute Gasteiger partial charge is 0.496 e. The molecule has 0 unspecified atom stereocenters. The van der Waals surface area contributed by atoms with Gasteiger partial charge in [0.1, 0.15) is 5.75 Å². The Morgan fingerprint density at radius 2 is 2.11 bits per heavy atom. The topological polar surface area (TPSA) is 62.7 Å². The van der Waals surface area contributed by atoms with Gasteiger partial charge in [0.05, 0.1) is 28.7 Å². The second kappa shape index (κ2) is 4.93. The summed E-state index contributed by atoms with van der Waals surface area (Å²) in [6.07, 6.45) is 0. The molecule has 1 aromatic carbocycles. The summed E-state index contributed by atoms with van der Waals surface area (Å²) in [4.78, 5) is 17.0. The molecular formula is C13H13ClN2O3. The standard InChI is InChI=1S/C13H13ClN2O3/c1-16(2)9-6-8(13(17)18)15-12-7(14)4-5-10(19-3)11(9)12/h4-6H,1-3H3,(H,17,18). The van der Waals surface area contributed by atoms with Gasteiger partial charge in [-0.15, -0.1) is 0 Å². The molecule has 0 amide bonds. The third kappa shape index (κ3) is 2.29. The number of carbonyl (C=O) groups is 1. The number of methoxy groups -OCH3 is 1. The van der Waals surface area contributed by atoms with Crippen LogP contribution in [0.3, 0.4) is 0 Å². The number of hydrogen-bond acceptors (Lipinski definition) is 4. The fraction of sp³-hybridized carbons (Fsp3) is 0.231. The number of anilines is 1. The normalized spacial score (nSPS) is 10.5. The van der Waals surface area contributed by atoms with Gasteiger partial charge in [-0.25, -0.2) is 9.78 Å². The van der Waals surface area contributed by atoms with Gasteiger partial charge < -0.3 is 14.7 Å². The van der Waals surface area contributed by atoms with Gasteiger partial charge in [-0.1, -0.05) is 11.6 Å². The van der Waals surface area contributed by atoms with Crippen molar-refractivity contribution in [2.24, 2.45) is 0 Å². The summed E-state index contributed by atoms with van der Waals surface area (Å²) in [5.74, 6) is -0.489. The molecule has 0 bridgehead atoms. The lowest BCUT2D eigenvalue weighted by Gasteiger charge is -2.18. The van der Waals surface area contributed by atoms with Gasteiger partial charge in [0.15, 0.2) is 5.69 Å². The molecule has 0 spiro atoms. The number of aromatic carboxylic acids is 1. The first-order valence-electron chi connectivity index (χ1n) is 5.53. The van der Waals surface area contributed by atoms with Crippen LogP contribution in [0.2, 0.25) is 5.02 Å². The molecule has 0 radical (unpaired) electrons. The average molecular weight is 281 g/mol. The van der Waals surface area contributed by atoms with Crippen LogP contribution in [-0.2, 0) is 0 Å². The molecule has 0 atom stereocenters. The summed E-state index contributed by atoms with van der Waals surface area (Å²) in [6, 6.07) is 4.88. The first kappa shape index (κ1) is 13.4. The fourth-order valence-corrected chi connectivity index (χ4v) is 2.09. The second-order valence-electron chi connectivity index (χ2n) is 4.20. The third-order valence-electron chi connectivity index (χ3n) is 2.77. The second-order valence-corrected chi connectivity index (χ2v) is 4.61. The van der Waals surface area contributed by atoms with Gasteiger partial charge in [0, 0.05) is 14.1 Å². The maximum atomic E-state index is 11.1. The van der Waals surface area contributed by atoms with Crippen molar-refractivity contribution in [1.29, 1.82) is 0 Å². The van der Waals surface area contributed by atoms with Gasteiger partial charge in [-0.2, -0.15) is 0 Å². The number of carboxylic acids is 1. The summed E-state index contributed by atoms with van der Waals surface area (Å²) < 4.78 is 5.30. The summed E-state index contributed by atoms with van der Waals surface area (Å²) in [5, 5.41) is 10.2. The SMILES string of the molecule is COc1ccc(Cl)c2nc(C(=O)O)cc(N(C)C)c12. The van der Waals surface area contributed by atoms with Gasteiger partial charge in [0.25, 0.3) is 0 Å². The van der Waals surface area contributed by atoms with Crippen LogP contribution < -0.4 is 9.64 Å². The van der Waals surface area contributed by atoms with Gasteiger partial charge in [0.2, 0.25) is 0 Å². The first-order valence-corrected chi connectivity index (χ1v) is 5.91. The number of nitrogens with zero attached hydrogens (tertiary/aromatic N) is 2. The molecular weight excluding hydrogens is 268 g/mol. The number of benzene rings is 1. The summed E-state index contributed by atoms with van der Waals surface area (Å²) in [7, 11) is 5.19. The van der Waals surface area contributed by atoms with E-state index in [2.05, 4.69) is 4.98 Å². The highest BCUT2D eigenvalue weighted by molar-refractivity contribution is 6.35. The number of aromatic nitrogens is 1. The third-order valence-corrected chi connectivity index (χ3v) is 3.08. The van der Waals surface area contributed by atoms with E-state index in [1.54, 1.807) is 24.1 Å². The highest BCUT2D eigenvalue weighted by Crippen LogP contribution is 2.37. The molecule has 5 nitrogen and oxygen atoms in total. The zero-order chi connectivity index (χ0) is 14.2. The van der Waals surface area contributed by atoms with Crippen molar-refractivity contribution in [3.8, 4) is 5.75 Å². The Labute approximate surface area is 115 Å². The first-order chi connectivity index (χ1) is 8.95. The van der Waals surface area contributed by atoms with Gasteiger partial charge in [-0.3, -0.25) is 0 Å². The van der Waals surface area contributed by atoms with E-state index >= 15 is 0 Å². The predicted molar refractivity (Wildman–Crippen MR) is 74.6 cm³/mol. The number of halogens is 1. The van der Waals surface area contributed by atoms with Crippen LogP contribution in [0.25, 0.3) is 10.9 Å². The van der Waals surface area contributed by atoms with Crippen molar-refractivity contribution < 1.29 is 14.6 Å². The summed E-state index contributed by atoms with van der Waals surface area (Å²) in [5.41, 5.74) is 1.07. The highest BCUT2D eigenvalue weighted by Gasteiger charge is 2.17. The van der Waals surface area contributed by atoms with Crippen molar-refractivity contribution >= 4 is 34.2 Å². The molecule has 2 rings (SSSR count). The lowest BCUT2D eigenvalue weighted by Crippen LogP contribution is -2.12. The Morgan fingerprint density at radius 1 is 1.42 bits per heavy atom. The lowest BCUT2D eigenvalue weighted by molar-refractivity contribution is 0.0691. The molecule has 1 aromatic heterocycles. The average Bonchev–Trinajstić information content (AvgIpc) is 2.38. The molecule has 0 aliphatic heterocycles.